The first-order valence-electron chi connectivity index (χ1n) is 13.3. The Kier molecular flexibility index (Phi) is 7.62. The molecule has 0 unspecified atom stereocenters. The highest BCUT2D eigenvalue weighted by Gasteiger charge is 2.12. The molecule has 0 aliphatic heterocycles. The van der Waals surface area contributed by atoms with Crippen molar-refractivity contribution < 1.29 is 0 Å². The molecule has 0 amide bonds. The Labute approximate surface area is 236 Å². The van der Waals surface area contributed by atoms with E-state index >= 15 is 0 Å². The number of nitrogen functional groups attached to an aromatic ring is 2. The lowest BCUT2D eigenvalue weighted by molar-refractivity contribution is 1.44. The number of anilines is 2. The van der Waals surface area contributed by atoms with Crippen LogP contribution in [0.15, 0.2) is 127 Å². The number of benzene rings is 6. The van der Waals surface area contributed by atoms with Crippen LogP contribution >= 0.6 is 0 Å². The average Bonchev–Trinajstić information content (AvgIpc) is 3.00. The van der Waals surface area contributed by atoms with Gasteiger partial charge in [-0.3, -0.25) is 0 Å². The third-order valence-corrected chi connectivity index (χ3v) is 7.18. The van der Waals surface area contributed by atoms with Crippen LogP contribution in [0, 0.1) is 25.2 Å². The third kappa shape index (κ3) is 5.29. The standard InChI is InChI=1S/C19H15N.C18H16N2/c1-13-8-10-16(12-20)19-17(11-9-14(2)18(13)19)15-6-4-3-5-7-15;19-17-11-15(13-7-3-1-4-8-13)16(12-18(17)20)14-9-5-2-6-10-14/h3-11H,1-2H3;1-12H,19-20H2. The van der Waals surface area contributed by atoms with Gasteiger partial charge in [0.25, 0.3) is 0 Å². The molecule has 3 nitrogen and oxygen atoms in total. The normalized spacial score (nSPS) is 10.4. The lowest BCUT2D eigenvalue weighted by Crippen LogP contribution is -1.97. The summed E-state index contributed by atoms with van der Waals surface area (Å²) in [4.78, 5) is 0. The van der Waals surface area contributed by atoms with Gasteiger partial charge in [-0.25, -0.2) is 0 Å². The van der Waals surface area contributed by atoms with Gasteiger partial charge in [0.15, 0.2) is 0 Å². The maximum absolute atomic E-state index is 9.44. The van der Waals surface area contributed by atoms with E-state index in [0.29, 0.717) is 11.4 Å². The second-order valence-electron chi connectivity index (χ2n) is 9.85. The molecule has 0 heterocycles. The van der Waals surface area contributed by atoms with E-state index in [2.05, 4.69) is 68.4 Å². The average molecular weight is 518 g/mol. The summed E-state index contributed by atoms with van der Waals surface area (Å²) in [6, 6.07) is 45.1. The van der Waals surface area contributed by atoms with Crippen LogP contribution in [0.2, 0.25) is 0 Å². The summed E-state index contributed by atoms with van der Waals surface area (Å²) < 4.78 is 0. The van der Waals surface area contributed by atoms with Crippen molar-refractivity contribution in [3.05, 3.63) is 144 Å². The first kappa shape index (κ1) is 26.3. The molecule has 4 N–H and O–H groups in total. The van der Waals surface area contributed by atoms with Crippen molar-refractivity contribution in [2.24, 2.45) is 0 Å². The topological polar surface area (TPSA) is 75.8 Å². The van der Waals surface area contributed by atoms with Crippen LogP contribution in [-0.2, 0) is 0 Å². The lowest BCUT2D eigenvalue weighted by atomic mass is 9.90. The fourth-order valence-corrected chi connectivity index (χ4v) is 5.17. The Morgan fingerprint density at radius 1 is 0.475 bits per heavy atom. The van der Waals surface area contributed by atoms with E-state index in [1.165, 1.54) is 16.5 Å². The largest absolute Gasteiger partial charge is 0.397 e. The Morgan fingerprint density at radius 2 is 0.875 bits per heavy atom. The van der Waals surface area contributed by atoms with Crippen LogP contribution in [-0.4, -0.2) is 0 Å². The van der Waals surface area contributed by atoms with Crippen LogP contribution in [0.1, 0.15) is 16.7 Å². The molecule has 0 aliphatic carbocycles. The predicted molar refractivity (Wildman–Crippen MR) is 170 cm³/mol. The fourth-order valence-electron chi connectivity index (χ4n) is 5.17. The van der Waals surface area contributed by atoms with Crippen molar-refractivity contribution in [1.82, 2.24) is 0 Å². The number of nitrogens with zero attached hydrogens (tertiary/aromatic N) is 1. The summed E-state index contributed by atoms with van der Waals surface area (Å²) in [5.74, 6) is 0. The molecule has 0 atom stereocenters. The van der Waals surface area contributed by atoms with Gasteiger partial charge in [0.1, 0.15) is 0 Å². The van der Waals surface area contributed by atoms with E-state index < -0.39 is 0 Å². The van der Waals surface area contributed by atoms with Gasteiger partial charge in [-0.2, -0.15) is 5.26 Å². The SMILES string of the molecule is Cc1ccc(C#N)c2c(-c3ccccc3)ccc(C)c12.Nc1cc(-c2ccccc2)c(-c2ccccc2)cc1N. The molecule has 0 fully saturated rings. The van der Waals surface area contributed by atoms with Crippen LogP contribution in [0.4, 0.5) is 11.4 Å². The van der Waals surface area contributed by atoms with Gasteiger partial charge < -0.3 is 11.5 Å². The molecule has 0 aliphatic rings. The van der Waals surface area contributed by atoms with Crippen molar-refractivity contribution in [2.45, 2.75) is 13.8 Å². The van der Waals surface area contributed by atoms with E-state index in [0.717, 1.165) is 44.3 Å². The van der Waals surface area contributed by atoms with Gasteiger partial charge in [0, 0.05) is 5.39 Å². The van der Waals surface area contributed by atoms with Crippen LogP contribution in [0.25, 0.3) is 44.2 Å². The van der Waals surface area contributed by atoms with Crippen molar-refractivity contribution in [1.29, 1.82) is 5.26 Å². The van der Waals surface area contributed by atoms with Crippen LogP contribution < -0.4 is 11.5 Å². The number of nitriles is 1. The number of hydrogen-bond acceptors (Lipinski definition) is 3. The summed E-state index contributed by atoms with van der Waals surface area (Å²) in [5, 5.41) is 11.7. The summed E-state index contributed by atoms with van der Waals surface area (Å²) in [6.45, 7) is 4.20. The molecule has 194 valence electrons. The Bertz CT molecular complexity index is 1750. The molecule has 3 heteroatoms. The number of hydrogen-bond donors (Lipinski definition) is 2. The summed E-state index contributed by atoms with van der Waals surface area (Å²) in [6.07, 6.45) is 0. The number of fused-ring (bicyclic) bond motifs is 1. The van der Waals surface area contributed by atoms with E-state index in [1.54, 1.807) is 0 Å². The van der Waals surface area contributed by atoms with Gasteiger partial charge >= 0.3 is 0 Å². The zero-order valence-corrected chi connectivity index (χ0v) is 22.7. The molecule has 0 spiro atoms. The van der Waals surface area contributed by atoms with E-state index in [-0.39, 0.29) is 0 Å². The Hall–Kier alpha value is -5.33. The molecule has 0 saturated carbocycles. The monoisotopic (exact) mass is 517 g/mol. The first-order valence-corrected chi connectivity index (χ1v) is 13.3. The minimum absolute atomic E-state index is 0.614. The highest BCUT2D eigenvalue weighted by Crippen LogP contribution is 2.37. The van der Waals surface area contributed by atoms with Gasteiger partial charge in [0.05, 0.1) is 23.0 Å². The molecule has 0 bridgehead atoms. The van der Waals surface area contributed by atoms with Crippen molar-refractivity contribution in [3.8, 4) is 39.4 Å². The molecule has 6 aromatic carbocycles. The van der Waals surface area contributed by atoms with Crippen LogP contribution in [0.5, 0.6) is 0 Å². The third-order valence-electron chi connectivity index (χ3n) is 7.18. The lowest BCUT2D eigenvalue weighted by Gasteiger charge is -2.13. The highest BCUT2D eigenvalue weighted by atomic mass is 14.7. The highest BCUT2D eigenvalue weighted by molar-refractivity contribution is 6.03. The van der Waals surface area contributed by atoms with Gasteiger partial charge in [-0.1, -0.05) is 109 Å². The smallest absolute Gasteiger partial charge is 0.0998 e. The fraction of sp³-hybridized carbons (Fsp3) is 0.0541. The second kappa shape index (κ2) is 11.6. The van der Waals surface area contributed by atoms with E-state index in [1.807, 2.05) is 78.9 Å². The summed E-state index contributed by atoms with van der Waals surface area (Å²) in [7, 11) is 0. The summed E-state index contributed by atoms with van der Waals surface area (Å²) >= 11 is 0. The molecule has 0 aromatic heterocycles. The maximum atomic E-state index is 9.44. The molecule has 6 aromatic rings. The van der Waals surface area contributed by atoms with Gasteiger partial charge in [-0.15, -0.1) is 0 Å². The van der Waals surface area contributed by atoms with Crippen LogP contribution in [0.3, 0.4) is 0 Å². The minimum Gasteiger partial charge on any atom is -0.397 e. The second-order valence-corrected chi connectivity index (χ2v) is 9.85. The molecular formula is C37H31N3. The van der Waals surface area contributed by atoms with E-state index in [9.17, 15) is 5.26 Å². The van der Waals surface area contributed by atoms with E-state index in [4.69, 9.17) is 11.5 Å². The van der Waals surface area contributed by atoms with Gasteiger partial charge in [0.2, 0.25) is 0 Å². The van der Waals surface area contributed by atoms with Crippen molar-refractivity contribution in [3.63, 3.8) is 0 Å². The molecule has 0 saturated heterocycles. The maximum Gasteiger partial charge on any atom is 0.0998 e. The first-order chi connectivity index (χ1) is 19.5. The zero-order valence-electron chi connectivity index (χ0n) is 22.7. The van der Waals surface area contributed by atoms with Gasteiger partial charge in [-0.05, 0) is 81.9 Å². The Morgan fingerprint density at radius 3 is 1.30 bits per heavy atom. The molecule has 0 radical (unpaired) electrons. The number of nitrogens with two attached hydrogens (primary N) is 2. The predicted octanol–water partition coefficient (Wildman–Crippen LogP) is 9.18. The Balaban J connectivity index is 0.000000161. The molecule has 40 heavy (non-hydrogen) atoms. The van der Waals surface area contributed by atoms with Crippen molar-refractivity contribution in [2.75, 3.05) is 11.5 Å². The molecular weight excluding hydrogens is 486 g/mol. The van der Waals surface area contributed by atoms with Crippen molar-refractivity contribution >= 4 is 22.1 Å². The minimum atomic E-state index is 0.614. The summed E-state index contributed by atoms with van der Waals surface area (Å²) in [5.41, 5.74) is 23.1. The molecule has 6 rings (SSSR count). The number of rotatable bonds is 3. The number of aryl methyl sites for hydroxylation is 2. The zero-order chi connectivity index (χ0) is 28.1. The quantitative estimate of drug-likeness (QED) is 0.230.